The van der Waals surface area contributed by atoms with Gasteiger partial charge < -0.3 is 10.3 Å². The second-order valence-corrected chi connectivity index (χ2v) is 2.11. The molecule has 0 aromatic carbocycles. The minimum Gasteiger partial charge on any atom is -0.327 e. The van der Waals surface area contributed by atoms with E-state index in [1.807, 2.05) is 0 Å². The van der Waals surface area contributed by atoms with Crippen LogP contribution in [0.5, 0.6) is 0 Å². The molecular weight excluding hydrogens is 156 g/mol. The molecule has 1 rings (SSSR count). The van der Waals surface area contributed by atoms with Crippen molar-refractivity contribution in [3.8, 4) is 0 Å². The zero-order valence-electron chi connectivity index (χ0n) is 6.33. The second-order valence-electron chi connectivity index (χ2n) is 2.11. The number of hydrogen-bond donors (Lipinski definition) is 2. The van der Waals surface area contributed by atoms with Gasteiger partial charge in [-0.2, -0.15) is 0 Å². The Balaban J connectivity index is 2.90. The van der Waals surface area contributed by atoms with Crippen LogP contribution in [0.4, 0.5) is 5.69 Å². The normalized spacial score (nSPS) is 9.00. The van der Waals surface area contributed by atoms with Gasteiger partial charge in [-0.3, -0.25) is 9.59 Å². The first-order valence-electron chi connectivity index (χ1n) is 3.35. The topological polar surface area (TPSA) is 62.0 Å². The fraction of sp³-hybridized carbons (Fsp3) is 0. The molecule has 0 radical (unpaired) electrons. The molecule has 0 saturated carbocycles. The van der Waals surface area contributed by atoms with Crippen molar-refractivity contribution in [2.45, 2.75) is 0 Å². The molecule has 4 heteroatoms. The first-order chi connectivity index (χ1) is 5.74. The van der Waals surface area contributed by atoms with Gasteiger partial charge in [-0.15, -0.1) is 0 Å². The van der Waals surface area contributed by atoms with Crippen molar-refractivity contribution in [1.82, 2.24) is 4.98 Å². The molecule has 0 aliphatic heterocycles. The molecule has 0 bridgehead atoms. The van der Waals surface area contributed by atoms with Crippen LogP contribution in [0.1, 0.15) is 0 Å². The maximum absolute atomic E-state index is 11.0. The maximum Gasteiger partial charge on any atom is 0.271 e. The van der Waals surface area contributed by atoms with E-state index in [1.165, 1.54) is 12.3 Å². The molecule has 0 unspecified atom stereocenters. The Morgan fingerprint density at radius 3 is 3.00 bits per heavy atom. The van der Waals surface area contributed by atoms with Gasteiger partial charge in [0.2, 0.25) is 5.91 Å². The zero-order chi connectivity index (χ0) is 8.97. The number of aromatic nitrogens is 1. The maximum atomic E-state index is 11.0. The van der Waals surface area contributed by atoms with Crippen molar-refractivity contribution in [3.05, 3.63) is 41.3 Å². The van der Waals surface area contributed by atoms with Gasteiger partial charge in [0.25, 0.3) is 5.56 Å². The molecule has 12 heavy (non-hydrogen) atoms. The molecule has 0 spiro atoms. The number of amides is 1. The van der Waals surface area contributed by atoms with E-state index in [2.05, 4.69) is 16.9 Å². The Morgan fingerprint density at radius 1 is 1.67 bits per heavy atom. The molecule has 1 amide bonds. The standard InChI is InChI=1S/C8H8N2O2/c1-2-7(11)10-6-4-3-5-9-8(6)12/h2-5H,1H2,(H,9,12)(H,10,11). The van der Waals surface area contributed by atoms with Crippen LogP contribution in [-0.4, -0.2) is 10.9 Å². The van der Waals surface area contributed by atoms with Gasteiger partial charge in [-0.1, -0.05) is 6.58 Å². The van der Waals surface area contributed by atoms with Crippen molar-refractivity contribution >= 4 is 11.6 Å². The lowest BCUT2D eigenvalue weighted by Crippen LogP contribution is -2.16. The summed E-state index contributed by atoms with van der Waals surface area (Å²) in [6, 6.07) is 3.14. The van der Waals surface area contributed by atoms with Gasteiger partial charge in [-0.05, 0) is 18.2 Å². The van der Waals surface area contributed by atoms with E-state index in [9.17, 15) is 9.59 Å². The monoisotopic (exact) mass is 164 g/mol. The van der Waals surface area contributed by atoms with Crippen molar-refractivity contribution in [2.75, 3.05) is 5.32 Å². The van der Waals surface area contributed by atoms with E-state index in [-0.39, 0.29) is 11.2 Å². The van der Waals surface area contributed by atoms with Crippen LogP contribution >= 0.6 is 0 Å². The van der Waals surface area contributed by atoms with Crippen molar-refractivity contribution in [2.24, 2.45) is 0 Å². The number of hydrogen-bond acceptors (Lipinski definition) is 2. The molecule has 0 atom stereocenters. The van der Waals surface area contributed by atoms with Crippen molar-refractivity contribution < 1.29 is 4.79 Å². The van der Waals surface area contributed by atoms with E-state index < -0.39 is 5.91 Å². The molecule has 1 aromatic rings. The molecular formula is C8H8N2O2. The van der Waals surface area contributed by atoms with Gasteiger partial charge in [-0.25, -0.2) is 0 Å². The molecule has 4 nitrogen and oxygen atoms in total. The number of rotatable bonds is 2. The van der Waals surface area contributed by atoms with Crippen molar-refractivity contribution in [1.29, 1.82) is 0 Å². The second kappa shape index (κ2) is 3.52. The predicted molar refractivity (Wildman–Crippen MR) is 45.9 cm³/mol. The first-order valence-corrected chi connectivity index (χ1v) is 3.35. The van der Waals surface area contributed by atoms with Gasteiger partial charge >= 0.3 is 0 Å². The highest BCUT2D eigenvalue weighted by Gasteiger charge is 1.99. The van der Waals surface area contributed by atoms with Crippen LogP contribution in [0.3, 0.4) is 0 Å². The average molecular weight is 164 g/mol. The van der Waals surface area contributed by atoms with E-state index in [0.29, 0.717) is 0 Å². The summed E-state index contributed by atoms with van der Waals surface area (Å²) in [5, 5.41) is 2.36. The number of nitrogens with one attached hydrogen (secondary N) is 2. The Labute approximate surface area is 68.9 Å². The largest absolute Gasteiger partial charge is 0.327 e. The Morgan fingerprint density at radius 2 is 2.42 bits per heavy atom. The summed E-state index contributed by atoms with van der Waals surface area (Å²) in [6.07, 6.45) is 2.60. The molecule has 1 heterocycles. The lowest BCUT2D eigenvalue weighted by Gasteiger charge is -1.98. The number of pyridine rings is 1. The van der Waals surface area contributed by atoms with Crippen LogP contribution in [0.15, 0.2) is 35.8 Å². The Kier molecular flexibility index (Phi) is 2.42. The van der Waals surface area contributed by atoms with Crippen molar-refractivity contribution in [3.63, 3.8) is 0 Å². The summed E-state index contributed by atoms with van der Waals surface area (Å²) >= 11 is 0. The van der Waals surface area contributed by atoms with Crippen LogP contribution in [0, 0.1) is 0 Å². The van der Waals surface area contributed by atoms with Gasteiger partial charge in [0.15, 0.2) is 0 Å². The number of anilines is 1. The lowest BCUT2D eigenvalue weighted by atomic mass is 10.4. The fourth-order valence-electron chi connectivity index (χ4n) is 0.704. The molecule has 0 fully saturated rings. The fourth-order valence-corrected chi connectivity index (χ4v) is 0.704. The molecule has 0 saturated heterocycles. The lowest BCUT2D eigenvalue weighted by molar-refractivity contribution is -0.111. The number of H-pyrrole nitrogens is 1. The highest BCUT2D eigenvalue weighted by atomic mass is 16.2. The molecule has 62 valence electrons. The van der Waals surface area contributed by atoms with Gasteiger partial charge in [0, 0.05) is 6.20 Å². The minimum absolute atomic E-state index is 0.224. The molecule has 2 N–H and O–H groups in total. The smallest absolute Gasteiger partial charge is 0.271 e. The third-order valence-electron chi connectivity index (χ3n) is 1.26. The highest BCUT2D eigenvalue weighted by molar-refractivity contribution is 5.98. The molecule has 0 aliphatic rings. The van der Waals surface area contributed by atoms with Crippen LogP contribution in [0.2, 0.25) is 0 Å². The number of carbonyl (C=O) groups is 1. The summed E-state index contributed by atoms with van der Waals surface area (Å²) < 4.78 is 0. The summed E-state index contributed by atoms with van der Waals surface area (Å²) in [7, 11) is 0. The first kappa shape index (κ1) is 8.26. The number of aromatic amines is 1. The summed E-state index contributed by atoms with van der Waals surface area (Å²) in [4.78, 5) is 24.1. The number of carbonyl (C=O) groups excluding carboxylic acids is 1. The van der Waals surface area contributed by atoms with Gasteiger partial charge in [0.05, 0.1) is 0 Å². The average Bonchev–Trinajstić information content (AvgIpc) is 2.09. The SMILES string of the molecule is C=CC(=O)Nc1ccc[nH]c1=O. The van der Waals surface area contributed by atoms with Gasteiger partial charge in [0.1, 0.15) is 5.69 Å². The van der Waals surface area contributed by atoms with Crippen LogP contribution in [-0.2, 0) is 4.79 Å². The predicted octanol–water partition coefficient (Wildman–Crippen LogP) is 0.499. The van der Waals surface area contributed by atoms with E-state index in [0.717, 1.165) is 6.08 Å². The van der Waals surface area contributed by atoms with E-state index in [1.54, 1.807) is 6.07 Å². The molecule has 0 aliphatic carbocycles. The zero-order valence-corrected chi connectivity index (χ0v) is 6.33. The van der Waals surface area contributed by atoms with E-state index in [4.69, 9.17) is 0 Å². The van der Waals surface area contributed by atoms with Crippen LogP contribution < -0.4 is 10.9 Å². The minimum atomic E-state index is -0.397. The third kappa shape index (κ3) is 1.82. The Bertz CT molecular complexity index is 354. The third-order valence-corrected chi connectivity index (χ3v) is 1.26. The summed E-state index contributed by atoms with van der Waals surface area (Å²) in [6.45, 7) is 3.26. The molecule has 1 aromatic heterocycles. The highest BCUT2D eigenvalue weighted by Crippen LogP contribution is 1.95. The Hall–Kier alpha value is -1.84. The van der Waals surface area contributed by atoms with E-state index >= 15 is 0 Å². The van der Waals surface area contributed by atoms with Crippen LogP contribution in [0.25, 0.3) is 0 Å². The summed E-state index contributed by atoms with van der Waals surface area (Å²) in [5.41, 5.74) is -0.102. The summed E-state index contributed by atoms with van der Waals surface area (Å²) in [5.74, 6) is -0.397. The quantitative estimate of drug-likeness (QED) is 0.625.